The Morgan fingerprint density at radius 2 is 1.81 bits per heavy atom. The zero-order valence-electron chi connectivity index (χ0n) is 15.2. The van der Waals surface area contributed by atoms with Gasteiger partial charge in [-0.2, -0.15) is 0 Å². The van der Waals surface area contributed by atoms with Gasteiger partial charge in [0.1, 0.15) is 0 Å². The summed E-state index contributed by atoms with van der Waals surface area (Å²) >= 11 is 0. The van der Waals surface area contributed by atoms with Crippen molar-refractivity contribution >= 4 is 5.91 Å². The summed E-state index contributed by atoms with van der Waals surface area (Å²) in [6.07, 6.45) is 0. The molecule has 0 saturated carbocycles. The molecule has 138 valence electrons. The van der Waals surface area contributed by atoms with E-state index in [0.29, 0.717) is 12.2 Å². The van der Waals surface area contributed by atoms with Crippen LogP contribution in [0.25, 0.3) is 0 Å². The number of morpholine rings is 1. The minimum atomic E-state index is -0.0592. The van der Waals surface area contributed by atoms with Gasteiger partial charge in [0.15, 0.2) is 0 Å². The minimum absolute atomic E-state index is 0.0551. The molecule has 1 saturated heterocycles. The van der Waals surface area contributed by atoms with Crippen molar-refractivity contribution in [3.63, 3.8) is 0 Å². The van der Waals surface area contributed by atoms with E-state index in [1.807, 2.05) is 42.5 Å². The lowest BCUT2D eigenvalue weighted by atomic mass is 10.0. The highest BCUT2D eigenvalue weighted by Crippen LogP contribution is 2.16. The normalized spacial score (nSPS) is 16.2. The molecule has 1 heterocycles. The third-order valence-electron chi connectivity index (χ3n) is 4.58. The summed E-state index contributed by atoms with van der Waals surface area (Å²) in [4.78, 5) is 15.1. The lowest BCUT2D eigenvalue weighted by Gasteiger charge is -2.31. The van der Waals surface area contributed by atoms with Crippen LogP contribution in [0.5, 0.6) is 0 Å². The summed E-state index contributed by atoms with van der Waals surface area (Å²) in [5, 5.41) is 3.20. The molecule has 0 radical (unpaired) electrons. The topological polar surface area (TPSA) is 50.8 Å². The van der Waals surface area contributed by atoms with Crippen molar-refractivity contribution in [1.82, 2.24) is 10.2 Å². The van der Waals surface area contributed by atoms with Crippen LogP contribution in [0.2, 0.25) is 0 Å². The van der Waals surface area contributed by atoms with E-state index >= 15 is 0 Å². The maximum atomic E-state index is 12.8. The van der Waals surface area contributed by atoms with E-state index in [-0.39, 0.29) is 11.9 Å². The second-order valence-corrected chi connectivity index (χ2v) is 6.48. The first kappa shape index (κ1) is 18.6. The van der Waals surface area contributed by atoms with Crippen molar-refractivity contribution in [3.05, 3.63) is 71.3 Å². The van der Waals surface area contributed by atoms with Crippen LogP contribution < -0.4 is 5.32 Å². The lowest BCUT2D eigenvalue weighted by Crippen LogP contribution is -2.43. The van der Waals surface area contributed by atoms with E-state index in [9.17, 15) is 4.79 Å². The first-order chi connectivity index (χ1) is 12.8. The molecule has 3 rings (SSSR count). The van der Waals surface area contributed by atoms with E-state index in [1.165, 1.54) is 0 Å². The van der Waals surface area contributed by atoms with Crippen molar-refractivity contribution in [2.75, 3.05) is 40.0 Å². The number of amides is 1. The fourth-order valence-electron chi connectivity index (χ4n) is 3.12. The van der Waals surface area contributed by atoms with Crippen LogP contribution in [0.4, 0.5) is 0 Å². The van der Waals surface area contributed by atoms with Crippen molar-refractivity contribution in [3.8, 4) is 0 Å². The number of carbonyl (C=O) groups is 1. The molecule has 2 aromatic carbocycles. The third-order valence-corrected chi connectivity index (χ3v) is 4.58. The number of methoxy groups -OCH3 is 1. The molecule has 1 aliphatic rings. The average Bonchev–Trinajstić information content (AvgIpc) is 2.70. The van der Waals surface area contributed by atoms with Crippen molar-refractivity contribution in [2.45, 2.75) is 12.6 Å². The average molecular weight is 354 g/mol. The molecular weight excluding hydrogens is 328 g/mol. The molecule has 26 heavy (non-hydrogen) atoms. The summed E-state index contributed by atoms with van der Waals surface area (Å²) < 4.78 is 10.5. The molecule has 5 nitrogen and oxygen atoms in total. The van der Waals surface area contributed by atoms with E-state index in [1.54, 1.807) is 7.11 Å². The number of carbonyl (C=O) groups excluding carboxylic acids is 1. The zero-order chi connectivity index (χ0) is 18.2. The fraction of sp³-hybridized carbons (Fsp3) is 0.381. The Morgan fingerprint density at radius 3 is 2.46 bits per heavy atom. The second-order valence-electron chi connectivity index (χ2n) is 6.48. The smallest absolute Gasteiger partial charge is 0.251 e. The van der Waals surface area contributed by atoms with Crippen LogP contribution >= 0.6 is 0 Å². The molecule has 1 N–H and O–H groups in total. The van der Waals surface area contributed by atoms with E-state index < -0.39 is 0 Å². The molecule has 0 spiro atoms. The Bertz CT molecular complexity index is 682. The van der Waals surface area contributed by atoms with Crippen LogP contribution in [0.1, 0.15) is 27.5 Å². The van der Waals surface area contributed by atoms with Gasteiger partial charge in [-0.25, -0.2) is 0 Å². The highest BCUT2D eigenvalue weighted by molar-refractivity contribution is 5.94. The van der Waals surface area contributed by atoms with Gasteiger partial charge in [0.25, 0.3) is 5.91 Å². The predicted molar refractivity (Wildman–Crippen MR) is 101 cm³/mol. The maximum Gasteiger partial charge on any atom is 0.251 e. The van der Waals surface area contributed by atoms with Gasteiger partial charge >= 0.3 is 0 Å². The van der Waals surface area contributed by atoms with Gasteiger partial charge in [0, 0.05) is 32.3 Å². The molecule has 1 fully saturated rings. The standard InChI is InChI=1S/C21H26N2O3/c1-25-16-17-7-9-19(10-8-17)21(24)22-20(18-5-3-2-4-6-18)15-23-11-13-26-14-12-23/h2-10,20H,11-16H2,1H3,(H,22,24). The molecule has 0 bridgehead atoms. The molecule has 1 atom stereocenters. The predicted octanol–water partition coefficient (Wildman–Crippen LogP) is 2.64. The van der Waals surface area contributed by atoms with E-state index in [2.05, 4.69) is 22.3 Å². The van der Waals surface area contributed by atoms with E-state index in [4.69, 9.17) is 9.47 Å². The van der Waals surface area contributed by atoms with Crippen molar-refractivity contribution in [2.24, 2.45) is 0 Å². The Morgan fingerprint density at radius 1 is 1.12 bits per heavy atom. The molecule has 0 aliphatic carbocycles. The molecule has 2 aromatic rings. The van der Waals surface area contributed by atoms with Crippen LogP contribution in [-0.2, 0) is 16.1 Å². The van der Waals surface area contributed by atoms with Gasteiger partial charge < -0.3 is 14.8 Å². The summed E-state index contributed by atoms with van der Waals surface area (Å²) in [5.41, 5.74) is 2.83. The maximum absolute atomic E-state index is 12.8. The number of nitrogens with zero attached hydrogens (tertiary/aromatic N) is 1. The molecule has 1 unspecified atom stereocenters. The molecule has 0 aromatic heterocycles. The Balaban J connectivity index is 1.70. The molecule has 1 amide bonds. The number of benzene rings is 2. The van der Waals surface area contributed by atoms with Gasteiger partial charge in [-0.05, 0) is 23.3 Å². The highest BCUT2D eigenvalue weighted by atomic mass is 16.5. The quantitative estimate of drug-likeness (QED) is 0.830. The number of hydrogen-bond donors (Lipinski definition) is 1. The largest absolute Gasteiger partial charge is 0.380 e. The van der Waals surface area contributed by atoms with Crippen molar-refractivity contribution in [1.29, 1.82) is 0 Å². The minimum Gasteiger partial charge on any atom is -0.380 e. The van der Waals surface area contributed by atoms with Crippen LogP contribution in [0, 0.1) is 0 Å². The molecule has 5 heteroatoms. The Hall–Kier alpha value is -2.21. The summed E-state index contributed by atoms with van der Waals surface area (Å²) in [7, 11) is 1.66. The van der Waals surface area contributed by atoms with Gasteiger partial charge in [-0.15, -0.1) is 0 Å². The van der Waals surface area contributed by atoms with E-state index in [0.717, 1.165) is 44.0 Å². The van der Waals surface area contributed by atoms with Gasteiger partial charge in [-0.3, -0.25) is 9.69 Å². The second kappa shape index (κ2) is 9.48. The number of ether oxygens (including phenoxy) is 2. The van der Waals surface area contributed by atoms with Gasteiger partial charge in [-0.1, -0.05) is 42.5 Å². The molecular formula is C21H26N2O3. The lowest BCUT2D eigenvalue weighted by molar-refractivity contribution is 0.0332. The summed E-state index contributed by atoms with van der Waals surface area (Å²) in [6, 6.07) is 17.6. The fourth-order valence-corrected chi connectivity index (χ4v) is 3.12. The number of rotatable bonds is 7. The SMILES string of the molecule is COCc1ccc(C(=O)NC(CN2CCOCC2)c2ccccc2)cc1. The number of nitrogens with one attached hydrogen (secondary N) is 1. The monoisotopic (exact) mass is 354 g/mol. The summed E-state index contributed by atoms with van der Waals surface area (Å²) in [5.74, 6) is -0.0592. The first-order valence-corrected chi connectivity index (χ1v) is 9.00. The third kappa shape index (κ3) is 5.14. The van der Waals surface area contributed by atoms with Crippen LogP contribution in [0.3, 0.4) is 0 Å². The Labute approximate surface area is 154 Å². The van der Waals surface area contributed by atoms with Crippen LogP contribution in [0.15, 0.2) is 54.6 Å². The first-order valence-electron chi connectivity index (χ1n) is 9.00. The van der Waals surface area contributed by atoms with Crippen LogP contribution in [-0.4, -0.2) is 50.8 Å². The zero-order valence-corrected chi connectivity index (χ0v) is 15.2. The summed E-state index contributed by atoms with van der Waals surface area (Å²) in [6.45, 7) is 4.61. The Kier molecular flexibility index (Phi) is 6.77. The van der Waals surface area contributed by atoms with Crippen molar-refractivity contribution < 1.29 is 14.3 Å². The highest BCUT2D eigenvalue weighted by Gasteiger charge is 2.20. The van der Waals surface area contributed by atoms with Gasteiger partial charge in [0.2, 0.25) is 0 Å². The van der Waals surface area contributed by atoms with Gasteiger partial charge in [0.05, 0.1) is 25.9 Å². The molecule has 1 aliphatic heterocycles. The number of hydrogen-bond acceptors (Lipinski definition) is 4.